The fraction of sp³-hybridized carbons (Fsp3) is 1.00. The molecule has 0 spiro atoms. The number of nitrogens with zero attached hydrogens (tertiary/aromatic N) is 2. The predicted molar refractivity (Wildman–Crippen MR) is 51.6 cm³/mol. The number of hydrogen-bond donors (Lipinski definition) is 1. The van der Waals surface area contributed by atoms with Crippen molar-refractivity contribution >= 4 is 0 Å². The SMILES string of the molecule is CN1CCN(C)CC[NH+](C)CC1. The van der Waals surface area contributed by atoms with Gasteiger partial charge in [-0.25, -0.2) is 0 Å². The summed E-state index contributed by atoms with van der Waals surface area (Å²) in [6, 6.07) is 0. The monoisotopic (exact) mass is 172 g/mol. The average Bonchev–Trinajstić information content (AvgIpc) is 2.11. The molecule has 1 heterocycles. The van der Waals surface area contributed by atoms with Gasteiger partial charge in [-0.1, -0.05) is 0 Å². The molecule has 1 aliphatic rings. The molecule has 0 atom stereocenters. The zero-order chi connectivity index (χ0) is 8.97. The molecule has 0 aromatic heterocycles. The standard InChI is InChI=1S/C9H21N3/c1-10-4-6-11(2)8-9-12(3)7-5-10/h4-9H2,1-3H3/p+1. The molecule has 72 valence electrons. The highest BCUT2D eigenvalue weighted by atomic mass is 15.2. The summed E-state index contributed by atoms with van der Waals surface area (Å²) in [4.78, 5) is 6.49. The summed E-state index contributed by atoms with van der Waals surface area (Å²) in [5, 5.41) is 0. The molecule has 1 rings (SSSR count). The largest absolute Gasteiger partial charge is 0.335 e. The Bertz CT molecular complexity index is 91.2. The average molecular weight is 172 g/mol. The van der Waals surface area contributed by atoms with Crippen molar-refractivity contribution in [2.75, 3.05) is 60.4 Å². The van der Waals surface area contributed by atoms with Crippen molar-refractivity contribution in [1.29, 1.82) is 0 Å². The summed E-state index contributed by atoms with van der Waals surface area (Å²) >= 11 is 0. The van der Waals surface area contributed by atoms with E-state index in [2.05, 4.69) is 30.9 Å². The Labute approximate surface area is 75.9 Å². The Morgan fingerprint density at radius 1 is 0.833 bits per heavy atom. The van der Waals surface area contributed by atoms with Crippen LogP contribution in [0.25, 0.3) is 0 Å². The molecule has 3 heteroatoms. The van der Waals surface area contributed by atoms with Crippen LogP contribution in [-0.2, 0) is 0 Å². The van der Waals surface area contributed by atoms with Gasteiger partial charge in [0, 0.05) is 26.2 Å². The van der Waals surface area contributed by atoms with E-state index >= 15 is 0 Å². The van der Waals surface area contributed by atoms with Crippen LogP contribution in [-0.4, -0.2) is 70.2 Å². The van der Waals surface area contributed by atoms with Gasteiger partial charge in [0.2, 0.25) is 0 Å². The molecule has 0 amide bonds. The molecule has 0 aromatic rings. The number of hydrogen-bond acceptors (Lipinski definition) is 2. The van der Waals surface area contributed by atoms with Gasteiger partial charge in [-0.05, 0) is 14.1 Å². The second-order valence-corrected chi connectivity index (χ2v) is 4.06. The molecule has 1 fully saturated rings. The van der Waals surface area contributed by atoms with Gasteiger partial charge in [-0.3, -0.25) is 9.80 Å². The first-order chi connectivity index (χ1) is 5.68. The maximum Gasteiger partial charge on any atom is 0.0898 e. The highest BCUT2D eigenvalue weighted by Gasteiger charge is 2.10. The van der Waals surface area contributed by atoms with Crippen molar-refractivity contribution in [1.82, 2.24) is 9.80 Å². The van der Waals surface area contributed by atoms with Crippen LogP contribution in [0, 0.1) is 0 Å². The van der Waals surface area contributed by atoms with E-state index in [1.165, 1.54) is 39.3 Å². The summed E-state index contributed by atoms with van der Waals surface area (Å²) in [6.45, 7) is 7.46. The molecule has 0 aliphatic carbocycles. The highest BCUT2D eigenvalue weighted by Crippen LogP contribution is 1.86. The van der Waals surface area contributed by atoms with Crippen LogP contribution in [0.2, 0.25) is 0 Å². The topological polar surface area (TPSA) is 10.9 Å². The molecule has 0 unspecified atom stereocenters. The third-order valence-electron chi connectivity index (χ3n) is 2.70. The van der Waals surface area contributed by atoms with Crippen molar-refractivity contribution in [3.8, 4) is 0 Å². The Hall–Kier alpha value is -0.120. The van der Waals surface area contributed by atoms with Gasteiger partial charge >= 0.3 is 0 Å². The van der Waals surface area contributed by atoms with Gasteiger partial charge in [0.15, 0.2) is 0 Å². The maximum atomic E-state index is 2.42. The maximum absolute atomic E-state index is 2.42. The number of rotatable bonds is 0. The van der Waals surface area contributed by atoms with Gasteiger partial charge < -0.3 is 4.90 Å². The Kier molecular flexibility index (Phi) is 3.98. The number of nitrogens with one attached hydrogen (secondary N) is 1. The molecular weight excluding hydrogens is 150 g/mol. The van der Waals surface area contributed by atoms with Crippen LogP contribution in [0.1, 0.15) is 0 Å². The minimum atomic E-state index is 1.21. The Balaban J connectivity index is 2.36. The molecule has 0 saturated carbocycles. The molecule has 3 nitrogen and oxygen atoms in total. The van der Waals surface area contributed by atoms with Crippen molar-refractivity contribution in [2.45, 2.75) is 0 Å². The highest BCUT2D eigenvalue weighted by molar-refractivity contribution is 4.57. The van der Waals surface area contributed by atoms with Gasteiger partial charge in [0.25, 0.3) is 0 Å². The zero-order valence-electron chi connectivity index (χ0n) is 8.64. The van der Waals surface area contributed by atoms with Crippen molar-refractivity contribution < 1.29 is 4.90 Å². The lowest BCUT2D eigenvalue weighted by Gasteiger charge is -2.17. The van der Waals surface area contributed by atoms with Crippen LogP contribution >= 0.6 is 0 Å². The van der Waals surface area contributed by atoms with Gasteiger partial charge in [0.1, 0.15) is 0 Å². The summed E-state index contributed by atoms with van der Waals surface area (Å²) < 4.78 is 0. The van der Waals surface area contributed by atoms with Gasteiger partial charge in [-0.15, -0.1) is 0 Å². The van der Waals surface area contributed by atoms with Crippen molar-refractivity contribution in [3.05, 3.63) is 0 Å². The van der Waals surface area contributed by atoms with E-state index in [1.807, 2.05) is 0 Å². The Morgan fingerprint density at radius 3 is 1.67 bits per heavy atom. The summed E-state index contributed by atoms with van der Waals surface area (Å²) in [7, 11) is 6.71. The zero-order valence-corrected chi connectivity index (χ0v) is 8.64. The quantitative estimate of drug-likeness (QED) is 0.471. The van der Waals surface area contributed by atoms with E-state index in [0.29, 0.717) is 0 Å². The smallest absolute Gasteiger partial charge is 0.0898 e. The first-order valence-corrected chi connectivity index (χ1v) is 4.87. The van der Waals surface area contributed by atoms with Crippen molar-refractivity contribution in [2.24, 2.45) is 0 Å². The first-order valence-electron chi connectivity index (χ1n) is 4.87. The van der Waals surface area contributed by atoms with Crippen LogP contribution in [0.4, 0.5) is 0 Å². The number of likely N-dealkylation sites (N-methyl/N-ethyl adjacent to an activating group) is 3. The third kappa shape index (κ3) is 3.52. The molecule has 1 saturated heterocycles. The summed E-state index contributed by atoms with van der Waals surface area (Å²) in [5.74, 6) is 0. The van der Waals surface area contributed by atoms with Crippen LogP contribution < -0.4 is 4.90 Å². The van der Waals surface area contributed by atoms with E-state index in [-0.39, 0.29) is 0 Å². The molecule has 1 aliphatic heterocycles. The van der Waals surface area contributed by atoms with Gasteiger partial charge in [-0.2, -0.15) is 0 Å². The fourth-order valence-electron chi connectivity index (χ4n) is 1.45. The van der Waals surface area contributed by atoms with Crippen LogP contribution in [0.15, 0.2) is 0 Å². The van der Waals surface area contributed by atoms with E-state index in [9.17, 15) is 0 Å². The molecule has 12 heavy (non-hydrogen) atoms. The molecule has 0 bridgehead atoms. The molecule has 0 radical (unpaired) electrons. The van der Waals surface area contributed by atoms with Crippen LogP contribution in [0.5, 0.6) is 0 Å². The third-order valence-corrected chi connectivity index (χ3v) is 2.70. The minimum Gasteiger partial charge on any atom is -0.335 e. The summed E-state index contributed by atoms with van der Waals surface area (Å²) in [5.41, 5.74) is 0. The van der Waals surface area contributed by atoms with E-state index in [4.69, 9.17) is 0 Å². The molecular formula is C9H22N3+. The predicted octanol–water partition coefficient (Wildman–Crippen LogP) is -1.62. The lowest BCUT2D eigenvalue weighted by atomic mass is 10.5. The fourth-order valence-corrected chi connectivity index (χ4v) is 1.45. The van der Waals surface area contributed by atoms with Crippen LogP contribution in [0.3, 0.4) is 0 Å². The first kappa shape index (κ1) is 9.96. The minimum absolute atomic E-state index is 1.21. The van der Waals surface area contributed by atoms with E-state index in [0.717, 1.165) is 0 Å². The van der Waals surface area contributed by atoms with Gasteiger partial charge in [0.05, 0.1) is 20.1 Å². The normalized spacial score (nSPS) is 26.2. The molecule has 1 N–H and O–H groups in total. The number of quaternary nitrogens is 1. The molecule has 0 aromatic carbocycles. The lowest BCUT2D eigenvalue weighted by molar-refractivity contribution is -0.878. The van der Waals surface area contributed by atoms with E-state index < -0.39 is 0 Å². The second kappa shape index (κ2) is 4.80. The lowest BCUT2D eigenvalue weighted by Crippen LogP contribution is -3.10. The van der Waals surface area contributed by atoms with E-state index in [1.54, 1.807) is 4.90 Å². The second-order valence-electron chi connectivity index (χ2n) is 4.06. The van der Waals surface area contributed by atoms with Crippen molar-refractivity contribution in [3.63, 3.8) is 0 Å². The Morgan fingerprint density at radius 2 is 1.25 bits per heavy atom. The summed E-state index contributed by atoms with van der Waals surface area (Å²) in [6.07, 6.45) is 0.